The van der Waals surface area contributed by atoms with Crippen molar-refractivity contribution in [3.8, 4) is 5.75 Å². The fourth-order valence-corrected chi connectivity index (χ4v) is 4.41. The second-order valence-electron chi connectivity index (χ2n) is 7.54. The molecule has 0 saturated carbocycles. The van der Waals surface area contributed by atoms with E-state index in [9.17, 15) is 4.79 Å². The Morgan fingerprint density at radius 3 is 2.57 bits per heavy atom. The molecule has 2 aliphatic heterocycles. The second kappa shape index (κ2) is 7.56. The molecule has 2 heterocycles. The van der Waals surface area contributed by atoms with Crippen LogP contribution in [0.4, 0.5) is 0 Å². The maximum atomic E-state index is 13.3. The third-order valence-electron chi connectivity index (χ3n) is 5.49. The molecule has 4 nitrogen and oxygen atoms in total. The number of hydrazone groups is 1. The van der Waals surface area contributed by atoms with Gasteiger partial charge in [0.1, 0.15) is 5.75 Å². The third kappa shape index (κ3) is 3.42. The van der Waals surface area contributed by atoms with Gasteiger partial charge in [-0.2, -0.15) is 5.10 Å². The van der Waals surface area contributed by atoms with E-state index in [0.717, 1.165) is 21.3 Å². The van der Waals surface area contributed by atoms with Gasteiger partial charge in [0.15, 0.2) is 0 Å². The summed E-state index contributed by atoms with van der Waals surface area (Å²) in [6.45, 7) is 2.06. The molecule has 2 aliphatic rings. The molecule has 0 spiro atoms. The number of nitrogens with zero attached hydrogens (tertiary/aromatic N) is 2. The van der Waals surface area contributed by atoms with Crippen molar-refractivity contribution in [1.29, 1.82) is 0 Å². The lowest BCUT2D eigenvalue weighted by Gasteiger charge is -2.37. The first kappa shape index (κ1) is 19.3. The molecule has 3 aromatic carbocycles. The highest BCUT2D eigenvalue weighted by Crippen LogP contribution is 2.44. The van der Waals surface area contributed by atoms with Gasteiger partial charge in [0, 0.05) is 27.0 Å². The van der Waals surface area contributed by atoms with Gasteiger partial charge in [-0.3, -0.25) is 4.79 Å². The number of Topliss-reactive ketones (excluding diaryl/α,β-unsaturated/α-hetero) is 1. The average Bonchev–Trinajstić information content (AvgIpc) is 3.19. The predicted molar refractivity (Wildman–Crippen MR) is 121 cm³/mol. The molecule has 0 N–H and O–H groups in total. The van der Waals surface area contributed by atoms with Crippen LogP contribution in [0.5, 0.6) is 5.75 Å². The topological polar surface area (TPSA) is 41.9 Å². The first-order valence-corrected chi connectivity index (χ1v) is 10.9. The van der Waals surface area contributed by atoms with E-state index in [0.29, 0.717) is 22.8 Å². The van der Waals surface area contributed by atoms with Crippen LogP contribution in [0.2, 0.25) is 5.02 Å². The maximum Gasteiger partial charge on any atom is 0.251 e. The van der Waals surface area contributed by atoms with Gasteiger partial charge in [-0.05, 0) is 55.0 Å². The van der Waals surface area contributed by atoms with Crippen molar-refractivity contribution in [2.24, 2.45) is 5.10 Å². The second-order valence-corrected chi connectivity index (χ2v) is 8.89. The number of fused-ring (bicyclic) bond motifs is 3. The van der Waals surface area contributed by atoms with E-state index in [1.54, 1.807) is 29.3 Å². The Balaban J connectivity index is 1.57. The molecule has 3 aromatic rings. The smallest absolute Gasteiger partial charge is 0.251 e. The Kier molecular flexibility index (Phi) is 4.88. The number of rotatable bonds is 3. The predicted octanol–water partition coefficient (Wildman–Crippen LogP) is 6.16. The number of ketones is 1. The number of ether oxygens (including phenoxy) is 1. The van der Waals surface area contributed by atoms with Crippen molar-refractivity contribution in [2.45, 2.75) is 25.6 Å². The van der Waals surface area contributed by atoms with Crippen molar-refractivity contribution in [3.05, 3.63) is 98.5 Å². The van der Waals surface area contributed by atoms with Crippen molar-refractivity contribution in [2.75, 3.05) is 0 Å². The molecule has 0 aromatic heterocycles. The molecule has 5 rings (SSSR count). The van der Waals surface area contributed by atoms with Gasteiger partial charge in [-0.25, -0.2) is 5.01 Å². The van der Waals surface area contributed by atoms with Crippen LogP contribution in [-0.2, 0) is 0 Å². The summed E-state index contributed by atoms with van der Waals surface area (Å²) in [6.07, 6.45) is -0.118. The normalized spacial score (nSPS) is 19.6. The summed E-state index contributed by atoms with van der Waals surface area (Å²) in [6, 6.07) is 21.0. The molecule has 150 valence electrons. The Hall–Kier alpha value is -2.63. The summed E-state index contributed by atoms with van der Waals surface area (Å²) in [5, 5.41) is 7.24. The highest BCUT2D eigenvalue weighted by Gasteiger charge is 2.43. The molecule has 0 aliphatic carbocycles. The van der Waals surface area contributed by atoms with Gasteiger partial charge >= 0.3 is 0 Å². The molecule has 0 unspecified atom stereocenters. The largest absolute Gasteiger partial charge is 0.461 e. The zero-order valence-corrected chi connectivity index (χ0v) is 18.5. The average molecular weight is 482 g/mol. The standard InChI is InChI=1S/C24H18BrClN2O2/c1-14-2-4-15(5-3-14)20-13-21-19-12-17(25)8-11-22(19)30-24(28(21)27-20)23(29)16-6-9-18(26)10-7-16/h2-12,21,24H,13H2,1H3/t21-,24-/m0/s1. The van der Waals surface area contributed by atoms with Crippen molar-refractivity contribution < 1.29 is 9.53 Å². The van der Waals surface area contributed by atoms with Crippen LogP contribution in [0.1, 0.15) is 39.5 Å². The minimum absolute atomic E-state index is 0.0659. The van der Waals surface area contributed by atoms with Crippen molar-refractivity contribution in [3.63, 3.8) is 0 Å². The van der Waals surface area contributed by atoms with Gasteiger partial charge in [0.05, 0.1) is 11.8 Å². The number of carbonyl (C=O) groups is 1. The van der Waals surface area contributed by atoms with Crippen LogP contribution < -0.4 is 4.74 Å². The minimum Gasteiger partial charge on any atom is -0.461 e. The molecule has 0 bridgehead atoms. The molecular weight excluding hydrogens is 464 g/mol. The van der Waals surface area contributed by atoms with Crippen molar-refractivity contribution in [1.82, 2.24) is 5.01 Å². The number of hydrogen-bond donors (Lipinski definition) is 0. The van der Waals surface area contributed by atoms with E-state index in [1.165, 1.54) is 5.56 Å². The molecule has 6 heteroatoms. The van der Waals surface area contributed by atoms with Gasteiger partial charge in [-0.15, -0.1) is 0 Å². The monoisotopic (exact) mass is 480 g/mol. The minimum atomic E-state index is -0.826. The first-order chi connectivity index (χ1) is 14.5. The van der Waals surface area contributed by atoms with E-state index in [-0.39, 0.29) is 11.8 Å². The fourth-order valence-electron chi connectivity index (χ4n) is 3.91. The molecule has 30 heavy (non-hydrogen) atoms. The zero-order valence-electron chi connectivity index (χ0n) is 16.2. The molecule has 0 radical (unpaired) electrons. The van der Waals surface area contributed by atoms with Gasteiger partial charge < -0.3 is 4.74 Å². The van der Waals surface area contributed by atoms with Crippen LogP contribution >= 0.6 is 27.5 Å². The Bertz CT molecular complexity index is 1160. The number of aryl methyl sites for hydroxylation is 1. The SMILES string of the molecule is Cc1ccc(C2=NN3[C@H](C(=O)c4ccc(Cl)cc4)Oc4ccc(Br)cc4[C@@H]3C2)cc1. The molecular formula is C24H18BrClN2O2. The molecule has 0 saturated heterocycles. The van der Waals surface area contributed by atoms with E-state index in [4.69, 9.17) is 21.4 Å². The lowest BCUT2D eigenvalue weighted by molar-refractivity contribution is -0.00459. The van der Waals surface area contributed by atoms with E-state index in [1.807, 2.05) is 18.2 Å². The highest BCUT2D eigenvalue weighted by molar-refractivity contribution is 9.10. The summed E-state index contributed by atoms with van der Waals surface area (Å²) in [7, 11) is 0. The lowest BCUT2D eigenvalue weighted by Crippen LogP contribution is -2.45. The van der Waals surface area contributed by atoms with Crippen LogP contribution in [0.15, 0.2) is 76.3 Å². The summed E-state index contributed by atoms with van der Waals surface area (Å²) < 4.78 is 7.13. The molecule has 2 atom stereocenters. The summed E-state index contributed by atoms with van der Waals surface area (Å²) in [5.41, 5.74) is 4.77. The Morgan fingerprint density at radius 1 is 1.10 bits per heavy atom. The third-order valence-corrected chi connectivity index (χ3v) is 6.23. The lowest BCUT2D eigenvalue weighted by atomic mass is 9.95. The number of hydrogen-bond acceptors (Lipinski definition) is 4. The molecule has 0 fully saturated rings. The molecule has 0 amide bonds. The van der Waals surface area contributed by atoms with Gasteiger partial charge in [0.25, 0.3) is 6.23 Å². The number of benzene rings is 3. The van der Waals surface area contributed by atoms with Crippen molar-refractivity contribution >= 4 is 39.0 Å². The Labute approximate surface area is 188 Å². The summed E-state index contributed by atoms with van der Waals surface area (Å²) in [5.74, 6) is 0.575. The van der Waals surface area contributed by atoms with E-state index < -0.39 is 6.23 Å². The van der Waals surface area contributed by atoms with Crippen LogP contribution in [-0.4, -0.2) is 22.7 Å². The Morgan fingerprint density at radius 2 is 1.83 bits per heavy atom. The summed E-state index contributed by atoms with van der Waals surface area (Å²) in [4.78, 5) is 13.3. The summed E-state index contributed by atoms with van der Waals surface area (Å²) >= 11 is 9.54. The van der Waals surface area contributed by atoms with Gasteiger partial charge in [0.2, 0.25) is 5.78 Å². The zero-order chi connectivity index (χ0) is 20.8. The van der Waals surface area contributed by atoms with Crippen LogP contribution in [0.25, 0.3) is 0 Å². The van der Waals surface area contributed by atoms with Gasteiger partial charge in [-0.1, -0.05) is 57.4 Å². The van der Waals surface area contributed by atoms with E-state index in [2.05, 4.69) is 47.1 Å². The number of halogens is 2. The number of carbonyl (C=O) groups excluding carboxylic acids is 1. The van der Waals surface area contributed by atoms with E-state index >= 15 is 0 Å². The highest BCUT2D eigenvalue weighted by atomic mass is 79.9. The van der Waals surface area contributed by atoms with Crippen LogP contribution in [0.3, 0.4) is 0 Å². The fraction of sp³-hybridized carbons (Fsp3) is 0.167. The first-order valence-electron chi connectivity index (χ1n) is 9.68. The maximum absolute atomic E-state index is 13.3. The quantitative estimate of drug-likeness (QED) is 0.421. The van der Waals surface area contributed by atoms with Crippen LogP contribution in [0, 0.1) is 6.92 Å².